The Labute approximate surface area is 164 Å². The number of piperazine rings is 1. The van der Waals surface area contributed by atoms with Crippen LogP contribution in [0.5, 0.6) is 0 Å². The lowest BCUT2D eigenvalue weighted by molar-refractivity contribution is -0.136. The van der Waals surface area contributed by atoms with E-state index in [1.54, 1.807) is 0 Å². The fourth-order valence-corrected chi connectivity index (χ4v) is 3.56. The van der Waals surface area contributed by atoms with Crippen LogP contribution in [0.1, 0.15) is 52.0 Å². The van der Waals surface area contributed by atoms with Gasteiger partial charge in [-0.15, -0.1) is 0 Å². The molecular weight excluding hydrogens is 338 g/mol. The van der Waals surface area contributed by atoms with E-state index >= 15 is 0 Å². The summed E-state index contributed by atoms with van der Waals surface area (Å²) in [5.41, 5.74) is 1.10. The van der Waals surface area contributed by atoms with Gasteiger partial charge < -0.3 is 10.2 Å². The van der Waals surface area contributed by atoms with Crippen molar-refractivity contribution in [1.29, 1.82) is 0 Å². The van der Waals surface area contributed by atoms with E-state index < -0.39 is 0 Å². The number of nitrogens with one attached hydrogen (secondary N) is 1. The Hall–Kier alpha value is -1.88. The molecule has 5 heteroatoms. The largest absolute Gasteiger partial charge is 0.353 e. The van der Waals surface area contributed by atoms with Crippen molar-refractivity contribution in [2.75, 3.05) is 32.7 Å². The second kappa shape index (κ2) is 10.5. The van der Waals surface area contributed by atoms with Crippen molar-refractivity contribution in [2.24, 2.45) is 5.92 Å². The number of nitrogens with zero attached hydrogens (tertiary/aromatic N) is 2. The van der Waals surface area contributed by atoms with Crippen LogP contribution in [0.4, 0.5) is 0 Å². The molecule has 0 radical (unpaired) electrons. The third-order valence-electron chi connectivity index (χ3n) is 5.71. The molecule has 0 saturated carbocycles. The highest BCUT2D eigenvalue weighted by Gasteiger charge is 2.31. The predicted octanol–water partition coefficient (Wildman–Crippen LogP) is 2.88. The Bertz CT molecular complexity index is 597. The van der Waals surface area contributed by atoms with Gasteiger partial charge in [-0.05, 0) is 24.8 Å². The van der Waals surface area contributed by atoms with E-state index in [-0.39, 0.29) is 23.8 Å². The zero-order valence-corrected chi connectivity index (χ0v) is 17.3. The maximum atomic E-state index is 13.2. The zero-order valence-electron chi connectivity index (χ0n) is 17.3. The lowest BCUT2D eigenvalue weighted by Gasteiger charge is -2.37. The highest BCUT2D eigenvalue weighted by Crippen LogP contribution is 2.29. The first kappa shape index (κ1) is 21.4. The van der Waals surface area contributed by atoms with E-state index in [4.69, 9.17) is 0 Å². The molecule has 0 aliphatic carbocycles. The average Bonchev–Trinajstić information content (AvgIpc) is 2.69. The van der Waals surface area contributed by atoms with Crippen LogP contribution in [-0.4, -0.2) is 60.4 Å². The number of amides is 2. The highest BCUT2D eigenvalue weighted by molar-refractivity contribution is 5.84. The molecule has 0 spiro atoms. The van der Waals surface area contributed by atoms with E-state index in [1.165, 1.54) is 0 Å². The number of hydrogen-bond acceptors (Lipinski definition) is 3. The van der Waals surface area contributed by atoms with Crippen LogP contribution >= 0.6 is 0 Å². The maximum absolute atomic E-state index is 13.2. The number of rotatable bonds is 8. The molecule has 1 aromatic rings. The standard InChI is InChI=1S/C22H35N3O2/c1-5-17(3)21(19-10-8-7-9-11-19)22(27)25-14-12-24(13-15-25)16-20(26)23-18(4)6-2/h7-11,17-18,21H,5-6,12-16H2,1-4H3,(H,23,26). The van der Waals surface area contributed by atoms with Crippen LogP contribution in [0, 0.1) is 5.92 Å². The van der Waals surface area contributed by atoms with Crippen molar-refractivity contribution >= 4 is 11.8 Å². The molecule has 1 fully saturated rings. The molecule has 3 atom stereocenters. The summed E-state index contributed by atoms with van der Waals surface area (Å²) in [5, 5.41) is 3.01. The minimum absolute atomic E-state index is 0.0749. The Morgan fingerprint density at radius 2 is 1.63 bits per heavy atom. The predicted molar refractivity (Wildman–Crippen MR) is 110 cm³/mol. The topological polar surface area (TPSA) is 52.7 Å². The number of carbonyl (C=O) groups is 2. The third-order valence-corrected chi connectivity index (χ3v) is 5.71. The van der Waals surface area contributed by atoms with Gasteiger partial charge in [0.25, 0.3) is 0 Å². The maximum Gasteiger partial charge on any atom is 0.234 e. The monoisotopic (exact) mass is 373 g/mol. The first-order chi connectivity index (χ1) is 13.0. The molecule has 1 aromatic carbocycles. The molecule has 0 bridgehead atoms. The smallest absolute Gasteiger partial charge is 0.234 e. The van der Waals surface area contributed by atoms with Gasteiger partial charge in [0.1, 0.15) is 0 Å². The normalized spacial score (nSPS) is 18.6. The van der Waals surface area contributed by atoms with E-state index in [0.717, 1.165) is 31.5 Å². The van der Waals surface area contributed by atoms with Crippen molar-refractivity contribution in [3.63, 3.8) is 0 Å². The van der Waals surface area contributed by atoms with Gasteiger partial charge in [0, 0.05) is 32.2 Å². The molecule has 1 aliphatic rings. The van der Waals surface area contributed by atoms with E-state index in [0.29, 0.717) is 25.6 Å². The summed E-state index contributed by atoms with van der Waals surface area (Å²) in [6.07, 6.45) is 1.91. The Morgan fingerprint density at radius 3 is 2.19 bits per heavy atom. The number of hydrogen-bond donors (Lipinski definition) is 1. The molecule has 0 aromatic heterocycles. The van der Waals surface area contributed by atoms with Crippen LogP contribution < -0.4 is 5.32 Å². The summed E-state index contributed by atoms with van der Waals surface area (Å²) in [7, 11) is 0. The van der Waals surface area contributed by atoms with Gasteiger partial charge in [0.15, 0.2) is 0 Å². The van der Waals surface area contributed by atoms with Gasteiger partial charge in [-0.1, -0.05) is 57.5 Å². The molecular formula is C22H35N3O2. The van der Waals surface area contributed by atoms with Gasteiger partial charge in [0.05, 0.1) is 12.5 Å². The minimum atomic E-state index is -0.0866. The van der Waals surface area contributed by atoms with Crippen molar-refractivity contribution < 1.29 is 9.59 Å². The molecule has 5 nitrogen and oxygen atoms in total. The molecule has 2 amide bonds. The molecule has 2 rings (SSSR count). The van der Waals surface area contributed by atoms with Crippen molar-refractivity contribution in [3.8, 4) is 0 Å². The summed E-state index contributed by atoms with van der Waals surface area (Å²) in [4.78, 5) is 29.4. The number of carbonyl (C=O) groups excluding carboxylic acids is 2. The zero-order chi connectivity index (χ0) is 19.8. The van der Waals surface area contributed by atoms with Crippen molar-refractivity contribution in [3.05, 3.63) is 35.9 Å². The third kappa shape index (κ3) is 6.06. The van der Waals surface area contributed by atoms with Crippen molar-refractivity contribution in [1.82, 2.24) is 15.1 Å². The quantitative estimate of drug-likeness (QED) is 0.762. The summed E-state index contributed by atoms with van der Waals surface area (Å²) < 4.78 is 0. The van der Waals surface area contributed by atoms with Gasteiger partial charge in [-0.3, -0.25) is 14.5 Å². The van der Waals surface area contributed by atoms with Crippen LogP contribution in [-0.2, 0) is 9.59 Å². The van der Waals surface area contributed by atoms with Crippen molar-refractivity contribution in [2.45, 2.75) is 52.5 Å². The molecule has 1 N–H and O–H groups in total. The molecule has 1 heterocycles. The molecule has 3 unspecified atom stereocenters. The fourth-order valence-electron chi connectivity index (χ4n) is 3.56. The van der Waals surface area contributed by atoms with E-state index in [9.17, 15) is 9.59 Å². The Balaban J connectivity index is 1.93. The summed E-state index contributed by atoms with van der Waals surface area (Å²) >= 11 is 0. The van der Waals surface area contributed by atoms with Crippen LogP contribution in [0.2, 0.25) is 0 Å². The second-order valence-electron chi connectivity index (χ2n) is 7.75. The summed E-state index contributed by atoms with van der Waals surface area (Å²) in [5.74, 6) is 0.515. The Morgan fingerprint density at radius 1 is 1.00 bits per heavy atom. The van der Waals surface area contributed by atoms with E-state index in [2.05, 4.69) is 43.1 Å². The van der Waals surface area contributed by atoms with Gasteiger partial charge in [0.2, 0.25) is 11.8 Å². The molecule has 27 heavy (non-hydrogen) atoms. The van der Waals surface area contributed by atoms with Gasteiger partial charge in [-0.2, -0.15) is 0 Å². The molecule has 1 aliphatic heterocycles. The van der Waals surface area contributed by atoms with Crippen LogP contribution in [0.25, 0.3) is 0 Å². The first-order valence-electron chi connectivity index (χ1n) is 10.3. The fraction of sp³-hybridized carbons (Fsp3) is 0.636. The average molecular weight is 374 g/mol. The lowest BCUT2D eigenvalue weighted by atomic mass is 9.84. The number of benzene rings is 1. The molecule has 150 valence electrons. The second-order valence-corrected chi connectivity index (χ2v) is 7.75. The summed E-state index contributed by atoms with van der Waals surface area (Å²) in [6, 6.07) is 10.3. The molecule has 1 saturated heterocycles. The SMILES string of the molecule is CCC(C)NC(=O)CN1CCN(C(=O)C(c2ccccc2)C(C)CC)CC1. The Kier molecular flexibility index (Phi) is 8.29. The minimum Gasteiger partial charge on any atom is -0.353 e. The summed E-state index contributed by atoms with van der Waals surface area (Å²) in [6.45, 7) is 11.7. The first-order valence-corrected chi connectivity index (χ1v) is 10.3. The highest BCUT2D eigenvalue weighted by atomic mass is 16.2. The van der Waals surface area contributed by atoms with Crippen LogP contribution in [0.3, 0.4) is 0 Å². The lowest BCUT2D eigenvalue weighted by Crippen LogP contribution is -2.53. The van der Waals surface area contributed by atoms with Gasteiger partial charge >= 0.3 is 0 Å². The van der Waals surface area contributed by atoms with Gasteiger partial charge in [-0.25, -0.2) is 0 Å². The van der Waals surface area contributed by atoms with E-state index in [1.807, 2.05) is 30.0 Å². The van der Waals surface area contributed by atoms with Crippen LogP contribution in [0.15, 0.2) is 30.3 Å².